The normalized spacial score (nSPS) is 19.4. The van der Waals surface area contributed by atoms with Gasteiger partial charge in [0.05, 0.1) is 25.5 Å². The Morgan fingerprint density at radius 2 is 2.47 bits per heavy atom. The van der Waals surface area contributed by atoms with E-state index in [-0.39, 0.29) is 6.04 Å². The molecule has 1 atom stereocenters. The van der Waals surface area contributed by atoms with E-state index in [2.05, 4.69) is 20.3 Å². The summed E-state index contributed by atoms with van der Waals surface area (Å²) < 4.78 is 0. The van der Waals surface area contributed by atoms with Crippen molar-refractivity contribution in [2.24, 2.45) is 0 Å². The fourth-order valence-electron chi connectivity index (χ4n) is 1.95. The van der Waals surface area contributed by atoms with Crippen molar-refractivity contribution in [1.82, 2.24) is 15.4 Å². The number of hydrogen-bond donors (Lipinski definition) is 1. The molecule has 1 fully saturated rings. The van der Waals surface area contributed by atoms with Gasteiger partial charge in [0.15, 0.2) is 0 Å². The molecule has 1 aromatic heterocycles. The first kappa shape index (κ1) is 12.5. The Morgan fingerprint density at radius 1 is 1.65 bits per heavy atom. The smallest absolute Gasteiger partial charge is 0.149 e. The van der Waals surface area contributed by atoms with E-state index in [1.165, 1.54) is 6.20 Å². The highest BCUT2D eigenvalue weighted by Gasteiger charge is 2.29. The van der Waals surface area contributed by atoms with Gasteiger partial charge in [0.25, 0.3) is 0 Å². The van der Waals surface area contributed by atoms with Crippen molar-refractivity contribution in [3.05, 3.63) is 17.5 Å². The highest BCUT2D eigenvalue weighted by molar-refractivity contribution is 7.80. The van der Waals surface area contributed by atoms with Crippen molar-refractivity contribution >= 4 is 34.6 Å². The highest BCUT2D eigenvalue weighted by Crippen LogP contribution is 2.24. The lowest BCUT2D eigenvalue weighted by Gasteiger charge is -2.25. The molecule has 1 unspecified atom stereocenters. The van der Waals surface area contributed by atoms with Crippen LogP contribution in [0.3, 0.4) is 0 Å². The second-order valence-corrected chi connectivity index (χ2v) is 4.55. The number of nitrogens with one attached hydrogen (secondary N) is 1. The molecule has 1 aliphatic rings. The molecule has 1 aromatic rings. The van der Waals surface area contributed by atoms with Crippen molar-refractivity contribution in [3.63, 3.8) is 0 Å². The summed E-state index contributed by atoms with van der Waals surface area (Å²) in [5, 5.41) is 0.388. The first-order valence-electron chi connectivity index (χ1n) is 5.29. The van der Waals surface area contributed by atoms with E-state index >= 15 is 0 Å². The van der Waals surface area contributed by atoms with E-state index in [0.29, 0.717) is 10.1 Å². The number of hydroxylamine groups is 1. The van der Waals surface area contributed by atoms with E-state index in [1.807, 2.05) is 0 Å². The summed E-state index contributed by atoms with van der Waals surface area (Å²) in [6.07, 6.45) is 5.25. The lowest BCUT2D eigenvalue weighted by Crippen LogP contribution is -2.42. The third kappa shape index (κ3) is 2.83. The number of rotatable bonds is 3. The number of aromatic nitrogens is 2. The van der Waals surface area contributed by atoms with E-state index in [9.17, 15) is 0 Å². The molecule has 7 heteroatoms. The topological polar surface area (TPSA) is 50.3 Å². The van der Waals surface area contributed by atoms with Gasteiger partial charge in [-0.15, -0.1) is 0 Å². The Kier molecular flexibility index (Phi) is 4.09. The van der Waals surface area contributed by atoms with Crippen LogP contribution in [0.25, 0.3) is 0 Å². The zero-order valence-corrected chi connectivity index (χ0v) is 11.0. The minimum atomic E-state index is 0.0951. The van der Waals surface area contributed by atoms with E-state index < -0.39 is 0 Å². The van der Waals surface area contributed by atoms with Gasteiger partial charge in [-0.3, -0.25) is 15.3 Å². The summed E-state index contributed by atoms with van der Waals surface area (Å²) in [4.78, 5) is 15.9. The van der Waals surface area contributed by atoms with Crippen molar-refractivity contribution in [2.75, 3.05) is 18.6 Å². The van der Waals surface area contributed by atoms with Gasteiger partial charge in [-0.1, -0.05) is 23.8 Å². The number of halogens is 1. The Balaban J connectivity index is 2.17. The van der Waals surface area contributed by atoms with Crippen LogP contribution in [-0.4, -0.2) is 34.7 Å². The van der Waals surface area contributed by atoms with Crippen molar-refractivity contribution in [3.8, 4) is 0 Å². The lowest BCUT2D eigenvalue weighted by atomic mass is 10.2. The van der Waals surface area contributed by atoms with Crippen LogP contribution < -0.4 is 10.4 Å². The second kappa shape index (κ2) is 5.57. The Morgan fingerprint density at radius 3 is 3.18 bits per heavy atom. The molecule has 92 valence electrons. The Labute approximate surface area is 110 Å². The second-order valence-electron chi connectivity index (χ2n) is 3.72. The quantitative estimate of drug-likeness (QED) is 0.666. The molecule has 0 spiro atoms. The van der Waals surface area contributed by atoms with Crippen LogP contribution in [0, 0.1) is 0 Å². The maximum atomic E-state index is 5.84. The number of anilines is 1. The van der Waals surface area contributed by atoms with Crippen LogP contribution in [-0.2, 0) is 4.84 Å². The standard InChI is InChI=1S/C10H13ClN4OS/c1-16-14-10(17)7-3-2-4-15(7)9-6-12-5-8(11)13-9/h5-7H,2-4H2,1H3,(H,14,17). The van der Waals surface area contributed by atoms with Gasteiger partial charge in [-0.25, -0.2) is 4.98 Å². The largest absolute Gasteiger partial charge is 0.346 e. The molecular weight excluding hydrogens is 260 g/mol. The van der Waals surface area contributed by atoms with Crippen molar-refractivity contribution in [2.45, 2.75) is 18.9 Å². The molecule has 0 saturated carbocycles. The van der Waals surface area contributed by atoms with Gasteiger partial charge < -0.3 is 4.90 Å². The van der Waals surface area contributed by atoms with E-state index in [0.717, 1.165) is 25.2 Å². The highest BCUT2D eigenvalue weighted by atomic mass is 35.5. The Hall–Kier alpha value is -0.980. The van der Waals surface area contributed by atoms with E-state index in [4.69, 9.17) is 28.7 Å². The molecule has 0 radical (unpaired) electrons. The van der Waals surface area contributed by atoms with Gasteiger partial charge in [-0.05, 0) is 12.8 Å². The molecule has 1 saturated heterocycles. The monoisotopic (exact) mass is 272 g/mol. The third-order valence-electron chi connectivity index (χ3n) is 2.64. The molecular formula is C10H13ClN4OS. The average molecular weight is 273 g/mol. The molecule has 0 aromatic carbocycles. The van der Waals surface area contributed by atoms with Gasteiger partial charge in [0, 0.05) is 6.54 Å². The minimum absolute atomic E-state index is 0.0951. The zero-order valence-electron chi connectivity index (χ0n) is 9.39. The molecule has 1 aliphatic heterocycles. The van der Waals surface area contributed by atoms with Crippen LogP contribution in [0.2, 0.25) is 5.15 Å². The molecule has 2 rings (SSSR count). The fourth-order valence-corrected chi connectivity index (χ4v) is 2.42. The van der Waals surface area contributed by atoms with Crippen LogP contribution in [0.4, 0.5) is 5.82 Å². The number of hydrogen-bond acceptors (Lipinski definition) is 5. The van der Waals surface area contributed by atoms with E-state index in [1.54, 1.807) is 13.3 Å². The molecule has 5 nitrogen and oxygen atoms in total. The summed E-state index contributed by atoms with van der Waals surface area (Å²) in [6.45, 7) is 0.894. The van der Waals surface area contributed by atoms with Gasteiger partial charge in [-0.2, -0.15) is 0 Å². The maximum absolute atomic E-state index is 5.84. The molecule has 1 N–H and O–H groups in total. The molecule has 2 heterocycles. The first-order chi connectivity index (χ1) is 8.22. The number of thiocarbonyl (C=S) groups is 1. The predicted molar refractivity (Wildman–Crippen MR) is 70.2 cm³/mol. The van der Waals surface area contributed by atoms with Gasteiger partial charge in [0.2, 0.25) is 0 Å². The molecule has 0 aliphatic carbocycles. The summed E-state index contributed by atoms with van der Waals surface area (Å²) in [5.74, 6) is 0.750. The van der Waals surface area contributed by atoms with Gasteiger partial charge in [0.1, 0.15) is 16.0 Å². The summed E-state index contributed by atoms with van der Waals surface area (Å²) in [6, 6.07) is 0.0951. The van der Waals surface area contributed by atoms with Crippen LogP contribution >= 0.6 is 23.8 Å². The maximum Gasteiger partial charge on any atom is 0.149 e. The third-order valence-corrected chi connectivity index (χ3v) is 3.18. The minimum Gasteiger partial charge on any atom is -0.346 e. The van der Waals surface area contributed by atoms with Crippen LogP contribution in [0.15, 0.2) is 12.4 Å². The van der Waals surface area contributed by atoms with Crippen LogP contribution in [0.5, 0.6) is 0 Å². The number of nitrogens with zero attached hydrogens (tertiary/aromatic N) is 3. The zero-order chi connectivity index (χ0) is 12.3. The molecule has 17 heavy (non-hydrogen) atoms. The van der Waals surface area contributed by atoms with Crippen LogP contribution in [0.1, 0.15) is 12.8 Å². The first-order valence-corrected chi connectivity index (χ1v) is 6.08. The van der Waals surface area contributed by atoms with Crippen molar-refractivity contribution < 1.29 is 4.84 Å². The SMILES string of the molecule is CONC(=S)C1CCCN1c1cncc(Cl)n1. The fraction of sp³-hybridized carbons (Fsp3) is 0.500. The Bertz CT molecular complexity index is 417. The summed E-state index contributed by atoms with van der Waals surface area (Å²) >= 11 is 11.1. The molecule has 0 bridgehead atoms. The molecule has 0 amide bonds. The predicted octanol–water partition coefficient (Wildman–Crippen LogP) is 1.58. The summed E-state index contributed by atoms with van der Waals surface area (Å²) in [7, 11) is 1.55. The lowest BCUT2D eigenvalue weighted by molar-refractivity contribution is 0.144. The van der Waals surface area contributed by atoms with Gasteiger partial charge >= 0.3 is 0 Å². The summed E-state index contributed by atoms with van der Waals surface area (Å²) in [5.41, 5.74) is 2.71. The van der Waals surface area contributed by atoms with Crippen molar-refractivity contribution in [1.29, 1.82) is 0 Å². The average Bonchev–Trinajstić information content (AvgIpc) is 2.78.